The fourth-order valence-electron chi connectivity index (χ4n) is 4.44. The fraction of sp³-hybridized carbons (Fsp3) is 0.147. The van der Waals surface area contributed by atoms with Crippen LogP contribution in [0.15, 0.2) is 76.8 Å². The largest absolute Gasteiger partial charge is 0.486 e. The van der Waals surface area contributed by atoms with Crippen molar-refractivity contribution in [2.45, 2.75) is 34.5 Å². The zero-order valence-corrected chi connectivity index (χ0v) is 25.6. The Kier molecular flexibility index (Phi) is 6.89. The van der Waals surface area contributed by atoms with Crippen molar-refractivity contribution in [3.05, 3.63) is 112 Å². The van der Waals surface area contributed by atoms with Crippen LogP contribution in [0.25, 0.3) is 54.7 Å². The van der Waals surface area contributed by atoms with Gasteiger partial charge in [-0.15, -0.1) is 64.9 Å². The molecule has 0 N–H and O–H groups in total. The van der Waals surface area contributed by atoms with E-state index in [1.165, 1.54) is 28.3 Å². The predicted octanol–water partition coefficient (Wildman–Crippen LogP) is 9.15. The van der Waals surface area contributed by atoms with Gasteiger partial charge in [-0.25, -0.2) is 4.98 Å². The summed E-state index contributed by atoms with van der Waals surface area (Å²) < 4.78 is 29.8. The van der Waals surface area contributed by atoms with Gasteiger partial charge < -0.3 is 14.4 Å². The maximum Gasteiger partial charge on any atom is 0.216 e. The quantitative estimate of drug-likeness (QED) is 0.167. The maximum absolute atomic E-state index is 7.55. The summed E-state index contributed by atoms with van der Waals surface area (Å²) in [5, 5.41) is 4.92. The third kappa shape index (κ3) is 5.35. The van der Waals surface area contributed by atoms with Gasteiger partial charge in [-0.3, -0.25) is 0 Å². The molecule has 5 aromatic heterocycles. The molecule has 0 spiro atoms. The van der Waals surface area contributed by atoms with E-state index < -0.39 is 6.85 Å². The second-order valence-corrected chi connectivity index (χ2v) is 10.6. The standard InChI is InChI=1S/C20H13N2OS.C14H14N.Ir/c1-11-10-24-18-9-21-17(8-16(11)18)15-5-3-4-13-14-7-6-12(2)22-20(14)23-19(13)15;1-10-4-6-13(7-5-10)14-8-11(2)12(3)9-15-14;/h3-4,6-10H,1-2H3;4-6,8-9H,1-3H3;/q2*-1;/i2D3;;. The number of aromatic nitrogens is 3. The molecule has 0 fully saturated rings. The summed E-state index contributed by atoms with van der Waals surface area (Å²) in [5.74, 6) is 0. The maximum atomic E-state index is 7.55. The first-order valence-corrected chi connectivity index (χ1v) is 13.5. The summed E-state index contributed by atoms with van der Waals surface area (Å²) in [5.41, 5.74) is 9.45. The van der Waals surface area contributed by atoms with Crippen molar-refractivity contribution in [1.29, 1.82) is 0 Å². The molecule has 0 aliphatic heterocycles. The minimum atomic E-state index is -2.27. The van der Waals surface area contributed by atoms with Crippen LogP contribution in [0.3, 0.4) is 0 Å². The van der Waals surface area contributed by atoms with E-state index in [1.54, 1.807) is 17.4 Å². The van der Waals surface area contributed by atoms with E-state index in [9.17, 15) is 0 Å². The van der Waals surface area contributed by atoms with Gasteiger partial charge in [0.25, 0.3) is 0 Å². The Morgan fingerprint density at radius 3 is 2.45 bits per heavy atom. The van der Waals surface area contributed by atoms with E-state index >= 15 is 0 Å². The Bertz CT molecular complexity index is 2080. The first kappa shape index (κ1) is 24.1. The van der Waals surface area contributed by atoms with Gasteiger partial charge >= 0.3 is 0 Å². The first-order chi connectivity index (χ1) is 20.1. The summed E-state index contributed by atoms with van der Waals surface area (Å²) >= 11 is 1.67. The van der Waals surface area contributed by atoms with Gasteiger partial charge in [0.05, 0.1) is 10.3 Å². The summed E-state index contributed by atoms with van der Waals surface area (Å²) in [6.07, 6.45) is 3.78. The average Bonchev–Trinajstić information content (AvgIpc) is 3.54. The number of hydrogen-bond acceptors (Lipinski definition) is 5. The number of furan rings is 1. The molecule has 4 nitrogen and oxygen atoms in total. The van der Waals surface area contributed by atoms with Crippen molar-refractivity contribution >= 4 is 43.5 Å². The molecule has 0 unspecified atom stereocenters. The van der Waals surface area contributed by atoms with Crippen LogP contribution in [0.4, 0.5) is 0 Å². The van der Waals surface area contributed by atoms with Crippen LogP contribution in [-0.2, 0) is 20.1 Å². The van der Waals surface area contributed by atoms with Gasteiger partial charge in [0.15, 0.2) is 0 Å². The van der Waals surface area contributed by atoms with Crippen LogP contribution in [0.1, 0.15) is 32.1 Å². The Labute approximate surface area is 255 Å². The molecule has 0 bridgehead atoms. The second kappa shape index (κ2) is 11.4. The number of thiophene rings is 1. The van der Waals surface area contributed by atoms with Gasteiger partial charge in [-0.2, -0.15) is 0 Å². The second-order valence-electron chi connectivity index (χ2n) is 9.66. The Morgan fingerprint density at radius 1 is 0.825 bits per heavy atom. The molecule has 2 aromatic carbocycles. The molecule has 0 saturated carbocycles. The first-order valence-electron chi connectivity index (χ1n) is 14.1. The van der Waals surface area contributed by atoms with Crippen LogP contribution in [-0.4, -0.2) is 15.0 Å². The number of rotatable bonds is 2. The molecule has 7 rings (SSSR count). The number of aryl methyl sites for hydroxylation is 5. The third-order valence-electron chi connectivity index (χ3n) is 6.83. The Morgan fingerprint density at radius 2 is 1.68 bits per heavy atom. The van der Waals surface area contributed by atoms with Crippen molar-refractivity contribution in [2.24, 2.45) is 0 Å². The molecule has 6 heteroatoms. The van der Waals surface area contributed by atoms with Gasteiger partial charge in [0.2, 0.25) is 5.71 Å². The zero-order valence-electron chi connectivity index (χ0n) is 25.4. The molecule has 0 atom stereocenters. The molecule has 0 aliphatic carbocycles. The number of benzene rings is 2. The van der Waals surface area contributed by atoms with E-state index in [1.807, 2.05) is 36.7 Å². The minimum Gasteiger partial charge on any atom is -0.486 e. The predicted molar refractivity (Wildman–Crippen MR) is 161 cm³/mol. The number of hydrogen-bond donors (Lipinski definition) is 0. The van der Waals surface area contributed by atoms with E-state index in [0.717, 1.165) is 43.4 Å². The minimum absolute atomic E-state index is 0. The molecule has 1 radical (unpaired) electrons. The number of pyridine rings is 3. The van der Waals surface area contributed by atoms with Crippen molar-refractivity contribution < 1.29 is 28.6 Å². The molecular weight excluding hydrogens is 691 g/mol. The van der Waals surface area contributed by atoms with Crippen LogP contribution in [0.2, 0.25) is 0 Å². The average molecular weight is 721 g/mol. The molecule has 0 saturated heterocycles. The van der Waals surface area contributed by atoms with Gasteiger partial charge in [0.1, 0.15) is 0 Å². The molecule has 40 heavy (non-hydrogen) atoms. The molecule has 0 aliphatic rings. The smallest absolute Gasteiger partial charge is 0.216 e. The van der Waals surface area contributed by atoms with E-state index in [-0.39, 0.29) is 25.8 Å². The molecule has 5 heterocycles. The normalized spacial score (nSPS) is 12.3. The van der Waals surface area contributed by atoms with Crippen LogP contribution in [0.5, 0.6) is 0 Å². The molecule has 0 amide bonds. The van der Waals surface area contributed by atoms with Crippen LogP contribution >= 0.6 is 11.3 Å². The molecule has 201 valence electrons. The van der Waals surface area contributed by atoms with Gasteiger partial charge in [-0.05, 0) is 73.0 Å². The van der Waals surface area contributed by atoms with Crippen molar-refractivity contribution in [3.8, 4) is 22.5 Å². The fourth-order valence-corrected chi connectivity index (χ4v) is 5.33. The van der Waals surface area contributed by atoms with E-state index in [0.29, 0.717) is 11.3 Å². The molecular formula is C34H27IrN3OS-2. The van der Waals surface area contributed by atoms with E-state index in [4.69, 9.17) is 8.53 Å². The van der Waals surface area contributed by atoms with Crippen molar-refractivity contribution in [2.75, 3.05) is 0 Å². The Balaban J connectivity index is 0.000000197. The summed E-state index contributed by atoms with van der Waals surface area (Å²) in [6, 6.07) is 23.8. The summed E-state index contributed by atoms with van der Waals surface area (Å²) in [6.45, 7) is 6.05. The third-order valence-corrected chi connectivity index (χ3v) is 7.88. The van der Waals surface area contributed by atoms with Gasteiger partial charge in [0, 0.05) is 47.7 Å². The molecule has 7 aromatic rings. The summed E-state index contributed by atoms with van der Waals surface area (Å²) in [4.78, 5) is 13.2. The van der Waals surface area contributed by atoms with Crippen LogP contribution in [0, 0.1) is 46.7 Å². The Hall–Kier alpha value is -3.70. The number of fused-ring (bicyclic) bond motifs is 4. The van der Waals surface area contributed by atoms with Crippen molar-refractivity contribution in [3.63, 3.8) is 0 Å². The van der Waals surface area contributed by atoms with Gasteiger partial charge in [-0.1, -0.05) is 35.6 Å². The SMILES string of the molecule is Cc1c[c-]c(-c2cc(C)c(C)cn2)cc1.[2H]C([2H])([2H])c1ccc2c(n1)oc1c(-c3cc4c(C)csc4cn3)[c-]ccc12.[Ir]. The zero-order chi connectivity index (χ0) is 29.6. The topological polar surface area (TPSA) is 51.8 Å². The number of nitrogens with zero attached hydrogens (tertiary/aromatic N) is 3. The summed E-state index contributed by atoms with van der Waals surface area (Å²) in [7, 11) is 0. The van der Waals surface area contributed by atoms with Crippen molar-refractivity contribution in [1.82, 2.24) is 15.0 Å². The van der Waals surface area contributed by atoms with Crippen LogP contribution < -0.4 is 0 Å². The van der Waals surface area contributed by atoms with E-state index in [2.05, 4.69) is 78.4 Å². The monoisotopic (exact) mass is 721 g/mol.